The Hall–Kier alpha value is -1.84. The van der Waals surface area contributed by atoms with Crippen LogP contribution in [0.3, 0.4) is 0 Å². The summed E-state index contributed by atoms with van der Waals surface area (Å²) in [5.74, 6) is -0.0434. The molecule has 4 heteroatoms. The molecular formula is C12H15N3O. The van der Waals surface area contributed by atoms with Crippen LogP contribution in [0, 0.1) is 0 Å². The van der Waals surface area contributed by atoms with Gasteiger partial charge in [0.05, 0.1) is 11.7 Å². The summed E-state index contributed by atoms with van der Waals surface area (Å²) in [5.41, 5.74) is 1.64. The quantitative estimate of drug-likeness (QED) is 0.832. The zero-order valence-corrected chi connectivity index (χ0v) is 9.69. The first-order valence-electron chi connectivity index (χ1n) is 5.30. The highest BCUT2D eigenvalue weighted by Gasteiger charge is 2.08. The van der Waals surface area contributed by atoms with Crippen LogP contribution < -0.4 is 5.32 Å². The molecule has 0 aliphatic carbocycles. The van der Waals surface area contributed by atoms with Crippen LogP contribution in [0.1, 0.15) is 24.2 Å². The van der Waals surface area contributed by atoms with Gasteiger partial charge in [0.1, 0.15) is 0 Å². The lowest BCUT2D eigenvalue weighted by Crippen LogP contribution is -2.30. The van der Waals surface area contributed by atoms with E-state index in [1.807, 2.05) is 39.1 Å². The largest absolute Gasteiger partial charge is 0.350 e. The molecule has 0 aliphatic heterocycles. The number of aromatic nitrogens is 2. The molecule has 2 rings (SSSR count). The Morgan fingerprint density at radius 1 is 1.44 bits per heavy atom. The maximum absolute atomic E-state index is 11.8. The third-order valence-electron chi connectivity index (χ3n) is 2.43. The van der Waals surface area contributed by atoms with E-state index in [-0.39, 0.29) is 11.9 Å². The van der Waals surface area contributed by atoms with Crippen LogP contribution in [-0.4, -0.2) is 21.7 Å². The van der Waals surface area contributed by atoms with E-state index >= 15 is 0 Å². The summed E-state index contributed by atoms with van der Waals surface area (Å²) in [6, 6.07) is 5.74. The summed E-state index contributed by atoms with van der Waals surface area (Å²) in [6.45, 7) is 3.89. The minimum atomic E-state index is -0.0434. The summed E-state index contributed by atoms with van der Waals surface area (Å²) in [5, 5.41) is 8.05. The number of nitrogens with one attached hydrogen (secondary N) is 1. The van der Waals surface area contributed by atoms with Gasteiger partial charge in [-0.25, -0.2) is 0 Å². The second-order valence-corrected chi connectivity index (χ2v) is 4.17. The van der Waals surface area contributed by atoms with Gasteiger partial charge in [0.15, 0.2) is 0 Å². The van der Waals surface area contributed by atoms with Gasteiger partial charge in [-0.1, -0.05) is 6.07 Å². The van der Waals surface area contributed by atoms with E-state index in [4.69, 9.17) is 0 Å². The van der Waals surface area contributed by atoms with Crippen LogP contribution >= 0.6 is 0 Å². The van der Waals surface area contributed by atoms with E-state index in [2.05, 4.69) is 10.4 Å². The molecule has 1 heterocycles. The lowest BCUT2D eigenvalue weighted by molar-refractivity contribution is 0.0943. The van der Waals surface area contributed by atoms with Gasteiger partial charge in [0.2, 0.25) is 0 Å². The predicted octanol–water partition coefficient (Wildman–Crippen LogP) is 1.71. The molecule has 0 aliphatic rings. The summed E-state index contributed by atoms with van der Waals surface area (Å²) in [4.78, 5) is 11.8. The maximum atomic E-state index is 11.8. The normalized spacial score (nSPS) is 11.0. The molecule has 1 aromatic heterocycles. The van der Waals surface area contributed by atoms with Crippen molar-refractivity contribution in [1.29, 1.82) is 0 Å². The van der Waals surface area contributed by atoms with Crippen LogP contribution in [0.15, 0.2) is 24.4 Å². The number of benzene rings is 1. The van der Waals surface area contributed by atoms with Gasteiger partial charge in [0.25, 0.3) is 5.91 Å². The van der Waals surface area contributed by atoms with Crippen LogP contribution in [0.4, 0.5) is 0 Å². The Kier molecular flexibility index (Phi) is 2.64. The Balaban J connectivity index is 2.38. The maximum Gasteiger partial charge on any atom is 0.251 e. The van der Waals surface area contributed by atoms with Crippen LogP contribution in [0.2, 0.25) is 0 Å². The second-order valence-electron chi connectivity index (χ2n) is 4.17. The monoisotopic (exact) mass is 217 g/mol. The van der Waals surface area contributed by atoms with Gasteiger partial charge < -0.3 is 5.32 Å². The Bertz CT molecular complexity index is 528. The molecule has 1 aromatic carbocycles. The predicted molar refractivity (Wildman–Crippen MR) is 63.3 cm³/mol. The Labute approximate surface area is 94.3 Å². The SMILES string of the molecule is CC(C)NC(=O)c1ccc2cnn(C)c2c1. The van der Waals surface area contributed by atoms with Crippen molar-refractivity contribution in [3.8, 4) is 0 Å². The van der Waals surface area contributed by atoms with Crippen LogP contribution in [-0.2, 0) is 7.05 Å². The van der Waals surface area contributed by atoms with Crippen molar-refractivity contribution in [2.45, 2.75) is 19.9 Å². The number of hydrogen-bond acceptors (Lipinski definition) is 2. The third-order valence-corrected chi connectivity index (χ3v) is 2.43. The van der Waals surface area contributed by atoms with Crippen molar-refractivity contribution in [2.24, 2.45) is 7.05 Å². The molecule has 0 saturated carbocycles. The number of hydrogen-bond donors (Lipinski definition) is 1. The van der Waals surface area contributed by atoms with E-state index in [1.54, 1.807) is 10.9 Å². The van der Waals surface area contributed by atoms with E-state index in [0.29, 0.717) is 5.56 Å². The fourth-order valence-electron chi connectivity index (χ4n) is 1.63. The van der Waals surface area contributed by atoms with Crippen molar-refractivity contribution in [3.63, 3.8) is 0 Å². The molecule has 0 spiro atoms. The van der Waals surface area contributed by atoms with Crippen LogP contribution in [0.25, 0.3) is 10.9 Å². The first-order chi connectivity index (χ1) is 7.58. The molecule has 2 aromatic rings. The summed E-state index contributed by atoms with van der Waals surface area (Å²) >= 11 is 0. The highest BCUT2D eigenvalue weighted by atomic mass is 16.1. The fraction of sp³-hybridized carbons (Fsp3) is 0.333. The number of nitrogens with zero attached hydrogens (tertiary/aromatic N) is 2. The Morgan fingerprint density at radius 3 is 2.88 bits per heavy atom. The first-order valence-corrected chi connectivity index (χ1v) is 5.30. The molecular weight excluding hydrogens is 202 g/mol. The second kappa shape index (κ2) is 3.96. The van der Waals surface area contributed by atoms with Gasteiger partial charge in [-0.2, -0.15) is 5.10 Å². The van der Waals surface area contributed by atoms with E-state index in [9.17, 15) is 4.79 Å². The number of fused-ring (bicyclic) bond motifs is 1. The first kappa shape index (κ1) is 10.7. The number of amides is 1. The minimum absolute atomic E-state index is 0.0434. The van der Waals surface area contributed by atoms with Gasteiger partial charge in [0, 0.05) is 24.0 Å². The molecule has 4 nitrogen and oxygen atoms in total. The standard InChI is InChI=1S/C12H15N3O/c1-8(2)14-12(16)9-4-5-10-7-13-15(3)11(10)6-9/h4-8H,1-3H3,(H,14,16). The van der Waals surface area contributed by atoms with Gasteiger partial charge in [-0.05, 0) is 26.0 Å². The average molecular weight is 217 g/mol. The molecule has 0 bridgehead atoms. The van der Waals surface area contributed by atoms with Gasteiger partial charge in [-0.3, -0.25) is 9.48 Å². The lowest BCUT2D eigenvalue weighted by atomic mass is 10.1. The molecule has 0 atom stereocenters. The fourth-order valence-corrected chi connectivity index (χ4v) is 1.63. The van der Waals surface area contributed by atoms with Crippen molar-refractivity contribution >= 4 is 16.8 Å². The molecule has 0 radical (unpaired) electrons. The zero-order chi connectivity index (χ0) is 11.7. The highest BCUT2D eigenvalue weighted by Crippen LogP contribution is 2.14. The molecule has 1 amide bonds. The summed E-state index contributed by atoms with van der Waals surface area (Å²) < 4.78 is 1.77. The average Bonchev–Trinajstić information content (AvgIpc) is 2.59. The molecule has 1 N–H and O–H groups in total. The van der Waals surface area contributed by atoms with Crippen molar-refractivity contribution < 1.29 is 4.79 Å². The molecule has 16 heavy (non-hydrogen) atoms. The topological polar surface area (TPSA) is 46.9 Å². The lowest BCUT2D eigenvalue weighted by Gasteiger charge is -2.08. The zero-order valence-electron chi connectivity index (χ0n) is 9.69. The van der Waals surface area contributed by atoms with E-state index < -0.39 is 0 Å². The molecule has 0 saturated heterocycles. The number of rotatable bonds is 2. The molecule has 84 valence electrons. The summed E-state index contributed by atoms with van der Waals surface area (Å²) in [7, 11) is 1.87. The van der Waals surface area contributed by atoms with Crippen molar-refractivity contribution in [2.75, 3.05) is 0 Å². The number of aryl methyl sites for hydroxylation is 1. The van der Waals surface area contributed by atoms with Crippen molar-refractivity contribution in [1.82, 2.24) is 15.1 Å². The molecule has 0 fully saturated rings. The van der Waals surface area contributed by atoms with Crippen LogP contribution in [0.5, 0.6) is 0 Å². The van der Waals surface area contributed by atoms with E-state index in [0.717, 1.165) is 10.9 Å². The minimum Gasteiger partial charge on any atom is -0.350 e. The van der Waals surface area contributed by atoms with Gasteiger partial charge >= 0.3 is 0 Å². The van der Waals surface area contributed by atoms with Gasteiger partial charge in [-0.15, -0.1) is 0 Å². The third kappa shape index (κ3) is 1.91. The number of carbonyl (C=O) groups is 1. The smallest absolute Gasteiger partial charge is 0.251 e. The van der Waals surface area contributed by atoms with E-state index in [1.165, 1.54) is 0 Å². The molecule has 0 unspecified atom stereocenters. The highest BCUT2D eigenvalue weighted by molar-refractivity contribution is 5.97. The Morgan fingerprint density at radius 2 is 2.19 bits per heavy atom. The summed E-state index contributed by atoms with van der Waals surface area (Å²) in [6.07, 6.45) is 1.79. The van der Waals surface area contributed by atoms with Crippen molar-refractivity contribution in [3.05, 3.63) is 30.0 Å². The number of carbonyl (C=O) groups excluding carboxylic acids is 1.